The molecular formula is C27H57NO2. The molecule has 3 heteroatoms. The van der Waals surface area contributed by atoms with E-state index in [1.54, 1.807) is 4.90 Å². The maximum absolute atomic E-state index is 11.5. The monoisotopic (exact) mass is 427 g/mol. The maximum Gasteiger partial charge on any atom is 0.410 e. The van der Waals surface area contributed by atoms with E-state index >= 15 is 0 Å². The first kappa shape index (κ1) is 31.5. The third-order valence-corrected chi connectivity index (χ3v) is 6.15. The first-order chi connectivity index (χ1) is 14.0. The fourth-order valence-electron chi connectivity index (χ4n) is 3.54. The van der Waals surface area contributed by atoms with E-state index in [0.29, 0.717) is 5.92 Å². The summed E-state index contributed by atoms with van der Waals surface area (Å²) in [6.07, 6.45) is 12.3. The van der Waals surface area contributed by atoms with Crippen LogP contribution in [0.3, 0.4) is 0 Å². The SMILES string of the molecule is CC.CC1CCN(C(=O)OC(C)(C)C)C1.CCCC.CCCCC1(C(C)CC)CC1. The van der Waals surface area contributed by atoms with Crippen molar-refractivity contribution in [3.63, 3.8) is 0 Å². The average molecular weight is 428 g/mol. The van der Waals surface area contributed by atoms with Gasteiger partial charge in [0.1, 0.15) is 5.60 Å². The predicted molar refractivity (Wildman–Crippen MR) is 134 cm³/mol. The number of likely N-dealkylation sites (tertiary alicyclic amines) is 1. The van der Waals surface area contributed by atoms with E-state index in [4.69, 9.17) is 4.74 Å². The molecule has 1 saturated heterocycles. The predicted octanol–water partition coefficient (Wildman–Crippen LogP) is 9.10. The molecule has 2 rings (SSSR count). The van der Waals surface area contributed by atoms with Crippen LogP contribution in [0.5, 0.6) is 0 Å². The molecule has 0 spiro atoms. The Morgan fingerprint density at radius 3 is 1.90 bits per heavy atom. The fraction of sp³-hybridized carbons (Fsp3) is 0.963. The van der Waals surface area contributed by atoms with E-state index in [1.807, 2.05) is 34.6 Å². The number of amides is 1. The molecule has 0 bridgehead atoms. The first-order valence-electron chi connectivity index (χ1n) is 13.0. The zero-order valence-corrected chi connectivity index (χ0v) is 22.7. The lowest BCUT2D eigenvalue weighted by Gasteiger charge is -2.24. The molecule has 1 aliphatic carbocycles. The molecular weight excluding hydrogens is 370 g/mol. The molecule has 2 aliphatic rings. The van der Waals surface area contributed by atoms with Crippen molar-refractivity contribution in [3.8, 4) is 0 Å². The summed E-state index contributed by atoms with van der Waals surface area (Å²) >= 11 is 0. The minimum Gasteiger partial charge on any atom is -0.444 e. The van der Waals surface area contributed by atoms with Gasteiger partial charge in [-0.25, -0.2) is 4.79 Å². The highest BCUT2D eigenvalue weighted by Gasteiger charge is 2.45. The van der Waals surface area contributed by atoms with Crippen molar-refractivity contribution in [1.29, 1.82) is 0 Å². The van der Waals surface area contributed by atoms with Crippen molar-refractivity contribution >= 4 is 6.09 Å². The van der Waals surface area contributed by atoms with Gasteiger partial charge in [-0.1, -0.05) is 87.5 Å². The molecule has 0 aromatic heterocycles. The van der Waals surface area contributed by atoms with Gasteiger partial charge >= 0.3 is 6.09 Å². The van der Waals surface area contributed by atoms with Crippen LogP contribution in [0.15, 0.2) is 0 Å². The van der Waals surface area contributed by atoms with Gasteiger partial charge in [-0.3, -0.25) is 0 Å². The van der Waals surface area contributed by atoms with Crippen LogP contribution in [0.4, 0.5) is 4.79 Å². The number of nitrogens with zero attached hydrogens (tertiary/aromatic N) is 1. The Balaban J connectivity index is 0. The van der Waals surface area contributed by atoms with E-state index in [-0.39, 0.29) is 11.7 Å². The van der Waals surface area contributed by atoms with Crippen LogP contribution in [-0.2, 0) is 4.74 Å². The van der Waals surface area contributed by atoms with Crippen LogP contribution < -0.4 is 0 Å². The second-order valence-electron chi connectivity index (χ2n) is 10.1. The Bertz CT molecular complexity index is 408. The highest BCUT2D eigenvalue weighted by atomic mass is 16.6. The van der Waals surface area contributed by atoms with Gasteiger partial charge in [0.25, 0.3) is 0 Å². The van der Waals surface area contributed by atoms with Crippen LogP contribution in [0.2, 0.25) is 0 Å². The van der Waals surface area contributed by atoms with Crippen LogP contribution in [0.25, 0.3) is 0 Å². The Morgan fingerprint density at radius 1 is 1.07 bits per heavy atom. The maximum atomic E-state index is 11.5. The van der Waals surface area contributed by atoms with Crippen molar-refractivity contribution in [2.45, 2.75) is 140 Å². The average Bonchev–Trinajstić information content (AvgIpc) is 3.38. The molecule has 1 heterocycles. The summed E-state index contributed by atoms with van der Waals surface area (Å²) < 4.78 is 5.26. The van der Waals surface area contributed by atoms with Crippen molar-refractivity contribution in [2.75, 3.05) is 13.1 Å². The minimum atomic E-state index is -0.372. The summed E-state index contributed by atoms with van der Waals surface area (Å²) in [5.41, 5.74) is 0.438. The fourth-order valence-corrected chi connectivity index (χ4v) is 3.54. The zero-order valence-electron chi connectivity index (χ0n) is 22.7. The molecule has 30 heavy (non-hydrogen) atoms. The second-order valence-corrected chi connectivity index (χ2v) is 10.1. The highest BCUT2D eigenvalue weighted by molar-refractivity contribution is 5.68. The smallest absolute Gasteiger partial charge is 0.410 e. The number of carbonyl (C=O) groups excluding carboxylic acids is 1. The summed E-state index contributed by atoms with van der Waals surface area (Å²) in [5.74, 6) is 1.60. The molecule has 1 saturated carbocycles. The molecule has 2 atom stereocenters. The lowest BCUT2D eigenvalue weighted by atomic mass is 9.84. The van der Waals surface area contributed by atoms with Crippen LogP contribution in [0, 0.1) is 17.3 Å². The number of carbonyl (C=O) groups is 1. The molecule has 3 nitrogen and oxygen atoms in total. The van der Waals surface area contributed by atoms with Gasteiger partial charge in [0, 0.05) is 13.1 Å². The van der Waals surface area contributed by atoms with Gasteiger partial charge < -0.3 is 9.64 Å². The Morgan fingerprint density at radius 2 is 1.60 bits per heavy atom. The van der Waals surface area contributed by atoms with Gasteiger partial charge in [-0.2, -0.15) is 0 Å². The number of unbranched alkanes of at least 4 members (excludes halogenated alkanes) is 2. The minimum absolute atomic E-state index is 0.170. The van der Waals surface area contributed by atoms with Gasteiger partial charge in [0.05, 0.1) is 0 Å². The van der Waals surface area contributed by atoms with E-state index in [9.17, 15) is 4.79 Å². The van der Waals surface area contributed by atoms with Crippen LogP contribution >= 0.6 is 0 Å². The first-order valence-corrected chi connectivity index (χ1v) is 13.0. The quantitative estimate of drug-likeness (QED) is 0.423. The van der Waals surface area contributed by atoms with Crippen molar-refractivity contribution in [1.82, 2.24) is 4.90 Å². The number of ether oxygens (including phenoxy) is 1. The molecule has 0 N–H and O–H groups in total. The van der Waals surface area contributed by atoms with Gasteiger partial charge in [0.15, 0.2) is 0 Å². The molecule has 2 fully saturated rings. The van der Waals surface area contributed by atoms with E-state index < -0.39 is 0 Å². The van der Waals surface area contributed by atoms with Crippen molar-refractivity contribution in [2.24, 2.45) is 17.3 Å². The van der Waals surface area contributed by atoms with Crippen molar-refractivity contribution < 1.29 is 9.53 Å². The lowest BCUT2D eigenvalue weighted by Crippen LogP contribution is -2.35. The normalized spacial score (nSPS) is 19.8. The summed E-state index contributed by atoms with van der Waals surface area (Å²) in [5, 5.41) is 0. The zero-order chi connectivity index (χ0) is 23.8. The van der Waals surface area contributed by atoms with Crippen LogP contribution in [0.1, 0.15) is 134 Å². The molecule has 0 aromatic rings. The van der Waals surface area contributed by atoms with E-state index in [0.717, 1.165) is 30.8 Å². The summed E-state index contributed by atoms with van der Waals surface area (Å²) in [4.78, 5) is 13.3. The van der Waals surface area contributed by atoms with E-state index in [1.165, 1.54) is 51.4 Å². The molecule has 182 valence electrons. The Kier molecular flexibility index (Phi) is 17.7. The molecule has 1 amide bonds. The molecule has 0 aromatic carbocycles. The highest BCUT2D eigenvalue weighted by Crippen LogP contribution is 2.56. The third-order valence-electron chi connectivity index (χ3n) is 6.15. The largest absolute Gasteiger partial charge is 0.444 e. The summed E-state index contributed by atoms with van der Waals surface area (Å²) in [6.45, 7) is 24.9. The number of hydrogen-bond donors (Lipinski definition) is 0. The molecule has 2 unspecified atom stereocenters. The topological polar surface area (TPSA) is 29.5 Å². The van der Waals surface area contributed by atoms with Gasteiger partial charge in [-0.15, -0.1) is 0 Å². The van der Waals surface area contributed by atoms with Gasteiger partial charge in [0.2, 0.25) is 0 Å². The standard InChI is InChI=1S/C11H22.C10H19NO2.C4H10.C2H6/c1-4-6-7-11(8-9-11)10(3)5-2;1-8-5-6-11(7-8)9(12)13-10(2,3)4;1-3-4-2;1-2/h10H,4-9H2,1-3H3;8H,5-7H2,1-4H3;3-4H2,1-2H3;1-2H3. The summed E-state index contributed by atoms with van der Waals surface area (Å²) in [6, 6.07) is 0. The Hall–Kier alpha value is -0.730. The van der Waals surface area contributed by atoms with Crippen molar-refractivity contribution in [3.05, 3.63) is 0 Å². The van der Waals surface area contributed by atoms with E-state index in [2.05, 4.69) is 41.5 Å². The van der Waals surface area contributed by atoms with Gasteiger partial charge in [-0.05, 0) is 63.7 Å². The lowest BCUT2D eigenvalue weighted by molar-refractivity contribution is 0.0289. The second kappa shape index (κ2) is 16.9. The number of rotatable bonds is 6. The van der Waals surface area contributed by atoms with Crippen LogP contribution in [-0.4, -0.2) is 29.7 Å². The third kappa shape index (κ3) is 14.3. The molecule has 1 aliphatic heterocycles. The Labute approximate surface area is 190 Å². The molecule has 0 radical (unpaired) electrons. The number of hydrogen-bond acceptors (Lipinski definition) is 2. The summed E-state index contributed by atoms with van der Waals surface area (Å²) in [7, 11) is 0.